The van der Waals surface area contributed by atoms with Crippen LogP contribution in [0.15, 0.2) is 67.0 Å². The second kappa shape index (κ2) is 8.08. The third-order valence-corrected chi connectivity index (χ3v) is 4.74. The van der Waals surface area contributed by atoms with Crippen LogP contribution in [0.1, 0.15) is 16.1 Å². The van der Waals surface area contributed by atoms with Crippen molar-refractivity contribution in [1.29, 1.82) is 0 Å². The molecule has 0 atom stereocenters. The van der Waals surface area contributed by atoms with Gasteiger partial charge in [-0.15, -0.1) is 0 Å². The number of hydrogen-bond donors (Lipinski definition) is 0. The highest BCUT2D eigenvalue weighted by molar-refractivity contribution is 5.94. The molecule has 1 aliphatic rings. The van der Waals surface area contributed by atoms with Gasteiger partial charge in [-0.2, -0.15) is 0 Å². The van der Waals surface area contributed by atoms with Crippen LogP contribution < -0.4 is 9.64 Å². The van der Waals surface area contributed by atoms with Gasteiger partial charge in [0.15, 0.2) is 0 Å². The zero-order valence-corrected chi connectivity index (χ0v) is 15.8. The van der Waals surface area contributed by atoms with Crippen molar-refractivity contribution >= 4 is 11.7 Å². The molecule has 0 saturated carbocycles. The largest absolute Gasteiger partial charge is 0.457 e. The lowest BCUT2D eigenvalue weighted by atomic mass is 10.1. The van der Waals surface area contributed by atoms with Gasteiger partial charge in [-0.1, -0.05) is 24.3 Å². The molecule has 1 amide bonds. The fourth-order valence-corrected chi connectivity index (χ4v) is 3.25. The third-order valence-electron chi connectivity index (χ3n) is 4.74. The van der Waals surface area contributed by atoms with E-state index in [-0.39, 0.29) is 5.91 Å². The van der Waals surface area contributed by atoms with E-state index in [4.69, 9.17) is 4.74 Å². The van der Waals surface area contributed by atoms with Gasteiger partial charge in [-0.05, 0) is 37.3 Å². The lowest BCUT2D eigenvalue weighted by Crippen LogP contribution is -2.49. The van der Waals surface area contributed by atoms with Crippen molar-refractivity contribution in [2.24, 2.45) is 0 Å². The number of aryl methyl sites for hydroxylation is 1. The highest BCUT2D eigenvalue weighted by Crippen LogP contribution is 2.23. The number of para-hydroxylation sites is 1. The molecule has 0 radical (unpaired) electrons. The average Bonchev–Trinajstić information content (AvgIpc) is 2.74. The van der Waals surface area contributed by atoms with Crippen LogP contribution in [0.3, 0.4) is 0 Å². The summed E-state index contributed by atoms with van der Waals surface area (Å²) in [6, 6.07) is 18.9. The molecule has 1 aromatic heterocycles. The van der Waals surface area contributed by atoms with Crippen LogP contribution in [0.2, 0.25) is 0 Å². The number of amides is 1. The summed E-state index contributed by atoms with van der Waals surface area (Å²) in [5.41, 5.74) is 1.58. The van der Waals surface area contributed by atoms with Gasteiger partial charge in [0.25, 0.3) is 5.91 Å². The van der Waals surface area contributed by atoms with Gasteiger partial charge in [0.05, 0.1) is 0 Å². The van der Waals surface area contributed by atoms with Gasteiger partial charge >= 0.3 is 0 Å². The number of hydrogen-bond acceptors (Lipinski definition) is 5. The summed E-state index contributed by atoms with van der Waals surface area (Å²) < 4.78 is 5.85. The summed E-state index contributed by atoms with van der Waals surface area (Å²) in [5, 5.41) is 0. The summed E-state index contributed by atoms with van der Waals surface area (Å²) in [5.74, 6) is 2.35. The van der Waals surface area contributed by atoms with Gasteiger partial charge < -0.3 is 14.5 Å². The number of nitrogens with zero attached hydrogens (tertiary/aromatic N) is 4. The number of anilines is 1. The molecular weight excluding hydrogens is 352 g/mol. The van der Waals surface area contributed by atoms with Crippen LogP contribution >= 0.6 is 0 Å². The Balaban J connectivity index is 1.41. The highest BCUT2D eigenvalue weighted by atomic mass is 16.5. The van der Waals surface area contributed by atoms with Crippen LogP contribution in [0.25, 0.3) is 0 Å². The molecule has 1 fully saturated rings. The zero-order valence-electron chi connectivity index (χ0n) is 15.8. The highest BCUT2D eigenvalue weighted by Gasteiger charge is 2.23. The molecule has 0 bridgehead atoms. The minimum absolute atomic E-state index is 0.0250. The van der Waals surface area contributed by atoms with Gasteiger partial charge in [0.2, 0.25) is 0 Å². The maximum atomic E-state index is 12.9. The minimum Gasteiger partial charge on any atom is -0.457 e. The summed E-state index contributed by atoms with van der Waals surface area (Å²) in [6.07, 6.45) is 1.58. The molecule has 0 spiro atoms. The Bertz CT molecular complexity index is 954. The predicted octanol–water partition coefficient (Wildman–Crippen LogP) is 3.54. The number of piperazine rings is 1. The number of carbonyl (C=O) groups is 1. The van der Waals surface area contributed by atoms with E-state index in [0.717, 1.165) is 30.4 Å². The van der Waals surface area contributed by atoms with Gasteiger partial charge in [0.1, 0.15) is 23.6 Å². The number of aromatic nitrogens is 2. The Morgan fingerprint density at radius 2 is 1.64 bits per heavy atom. The lowest BCUT2D eigenvalue weighted by Gasteiger charge is -2.35. The predicted molar refractivity (Wildman–Crippen MR) is 108 cm³/mol. The number of rotatable bonds is 4. The first kappa shape index (κ1) is 18.0. The Kier molecular flexibility index (Phi) is 5.19. The number of carbonyl (C=O) groups excluding carboxylic acids is 1. The molecule has 1 aliphatic heterocycles. The molecule has 6 heteroatoms. The molecule has 0 unspecified atom stereocenters. The van der Waals surface area contributed by atoms with E-state index in [1.54, 1.807) is 12.4 Å². The minimum atomic E-state index is 0.0250. The van der Waals surface area contributed by atoms with Crippen molar-refractivity contribution in [3.63, 3.8) is 0 Å². The van der Waals surface area contributed by atoms with Crippen molar-refractivity contribution in [1.82, 2.24) is 14.9 Å². The molecule has 0 N–H and O–H groups in total. The monoisotopic (exact) mass is 374 g/mol. The van der Waals surface area contributed by atoms with Gasteiger partial charge in [0, 0.05) is 43.5 Å². The molecule has 0 aliphatic carbocycles. The Labute approximate surface area is 164 Å². The first-order chi connectivity index (χ1) is 13.7. The van der Waals surface area contributed by atoms with Crippen molar-refractivity contribution in [3.8, 4) is 11.5 Å². The van der Waals surface area contributed by atoms with Crippen molar-refractivity contribution in [3.05, 3.63) is 78.2 Å². The fourth-order valence-electron chi connectivity index (χ4n) is 3.25. The van der Waals surface area contributed by atoms with Crippen LogP contribution in [0.5, 0.6) is 11.5 Å². The Morgan fingerprint density at radius 3 is 2.39 bits per heavy atom. The SMILES string of the molecule is Cc1cc(N2CCN(C(=O)c3cccc(Oc4ccccc4)c3)CC2)ncn1. The van der Waals surface area contributed by atoms with Crippen molar-refractivity contribution in [2.75, 3.05) is 31.1 Å². The second-order valence-electron chi connectivity index (χ2n) is 6.74. The quantitative estimate of drug-likeness (QED) is 0.699. The van der Waals surface area contributed by atoms with Crippen LogP contribution in [-0.2, 0) is 0 Å². The molecule has 6 nitrogen and oxygen atoms in total. The first-order valence-corrected chi connectivity index (χ1v) is 9.35. The molecule has 142 valence electrons. The smallest absolute Gasteiger partial charge is 0.254 e. The first-order valence-electron chi connectivity index (χ1n) is 9.35. The molecule has 4 rings (SSSR count). The van der Waals surface area contributed by atoms with E-state index >= 15 is 0 Å². The molecule has 28 heavy (non-hydrogen) atoms. The summed E-state index contributed by atoms with van der Waals surface area (Å²) in [7, 11) is 0. The van der Waals surface area contributed by atoms with E-state index in [9.17, 15) is 4.79 Å². The van der Waals surface area contributed by atoms with E-state index < -0.39 is 0 Å². The zero-order chi connectivity index (χ0) is 19.3. The van der Waals surface area contributed by atoms with Crippen LogP contribution in [-0.4, -0.2) is 47.0 Å². The molecule has 1 saturated heterocycles. The summed E-state index contributed by atoms with van der Waals surface area (Å²) in [4.78, 5) is 25.5. The standard InChI is InChI=1S/C22H22N4O2/c1-17-14-21(24-16-23-17)25-10-12-26(13-11-25)22(27)18-6-5-9-20(15-18)28-19-7-3-2-4-8-19/h2-9,14-16H,10-13H2,1H3. The van der Waals surface area contributed by atoms with Crippen LogP contribution in [0.4, 0.5) is 5.82 Å². The van der Waals surface area contributed by atoms with Crippen molar-refractivity contribution in [2.45, 2.75) is 6.92 Å². The summed E-state index contributed by atoms with van der Waals surface area (Å²) in [6.45, 7) is 4.78. The van der Waals surface area contributed by atoms with E-state index in [1.165, 1.54) is 0 Å². The van der Waals surface area contributed by atoms with Crippen LogP contribution in [0, 0.1) is 6.92 Å². The van der Waals surface area contributed by atoms with Gasteiger partial charge in [-0.25, -0.2) is 9.97 Å². The topological polar surface area (TPSA) is 58.6 Å². The third kappa shape index (κ3) is 4.11. The molecule has 2 aromatic carbocycles. The fraction of sp³-hybridized carbons (Fsp3) is 0.227. The van der Waals surface area contributed by atoms with E-state index in [1.807, 2.05) is 66.4 Å². The normalized spacial score (nSPS) is 14.0. The molecule has 3 aromatic rings. The second-order valence-corrected chi connectivity index (χ2v) is 6.74. The van der Waals surface area contributed by atoms with E-state index in [0.29, 0.717) is 24.4 Å². The van der Waals surface area contributed by atoms with Gasteiger partial charge in [-0.3, -0.25) is 4.79 Å². The maximum absolute atomic E-state index is 12.9. The number of benzene rings is 2. The lowest BCUT2D eigenvalue weighted by molar-refractivity contribution is 0.0746. The van der Waals surface area contributed by atoms with Crippen molar-refractivity contribution < 1.29 is 9.53 Å². The van der Waals surface area contributed by atoms with E-state index in [2.05, 4.69) is 14.9 Å². The Hall–Kier alpha value is -3.41. The number of ether oxygens (including phenoxy) is 1. The Morgan fingerprint density at radius 1 is 0.893 bits per heavy atom. The summed E-state index contributed by atoms with van der Waals surface area (Å²) >= 11 is 0. The molecular formula is C22H22N4O2. The average molecular weight is 374 g/mol. The maximum Gasteiger partial charge on any atom is 0.254 e. The molecule has 2 heterocycles.